The standard InChI is InChI=1S/C11H24N2O2/c1-4-5-9(2)11(15)13-7-6-12-8-10(3)14/h9-10,12,14H,4-8H2,1-3H3,(H,13,15). The van der Waals surface area contributed by atoms with E-state index in [1.165, 1.54) is 0 Å². The Morgan fingerprint density at radius 2 is 2.00 bits per heavy atom. The minimum absolute atomic E-state index is 0.103. The van der Waals surface area contributed by atoms with Crippen molar-refractivity contribution in [2.75, 3.05) is 19.6 Å². The Bertz CT molecular complexity index is 172. The van der Waals surface area contributed by atoms with E-state index in [2.05, 4.69) is 17.6 Å². The number of amides is 1. The van der Waals surface area contributed by atoms with E-state index in [-0.39, 0.29) is 17.9 Å². The summed E-state index contributed by atoms with van der Waals surface area (Å²) in [4.78, 5) is 11.4. The molecule has 0 aliphatic rings. The highest BCUT2D eigenvalue weighted by molar-refractivity contribution is 5.78. The number of carbonyl (C=O) groups excluding carboxylic acids is 1. The Kier molecular flexibility index (Phi) is 8.33. The average molecular weight is 216 g/mol. The van der Waals surface area contributed by atoms with E-state index in [1.807, 2.05) is 6.92 Å². The Morgan fingerprint density at radius 3 is 2.53 bits per heavy atom. The molecule has 0 radical (unpaired) electrons. The monoisotopic (exact) mass is 216 g/mol. The fraction of sp³-hybridized carbons (Fsp3) is 0.909. The van der Waals surface area contributed by atoms with Crippen molar-refractivity contribution in [2.24, 2.45) is 5.92 Å². The van der Waals surface area contributed by atoms with Gasteiger partial charge in [0.25, 0.3) is 0 Å². The normalized spacial score (nSPS) is 14.7. The molecule has 4 heteroatoms. The summed E-state index contributed by atoms with van der Waals surface area (Å²) >= 11 is 0. The number of hydrogen-bond donors (Lipinski definition) is 3. The van der Waals surface area contributed by atoms with Crippen molar-refractivity contribution >= 4 is 5.91 Å². The van der Waals surface area contributed by atoms with E-state index < -0.39 is 0 Å². The van der Waals surface area contributed by atoms with Crippen molar-refractivity contribution < 1.29 is 9.90 Å². The molecule has 0 bridgehead atoms. The molecule has 90 valence electrons. The molecule has 0 rings (SSSR count). The second-order valence-corrected chi connectivity index (χ2v) is 4.03. The van der Waals surface area contributed by atoms with Gasteiger partial charge in [0.05, 0.1) is 6.10 Å². The second-order valence-electron chi connectivity index (χ2n) is 4.03. The van der Waals surface area contributed by atoms with Crippen molar-refractivity contribution in [2.45, 2.75) is 39.7 Å². The quantitative estimate of drug-likeness (QED) is 0.518. The zero-order valence-electron chi connectivity index (χ0n) is 10.0. The SMILES string of the molecule is CCCC(C)C(=O)NCCNCC(C)O. The number of rotatable bonds is 8. The first-order valence-corrected chi connectivity index (χ1v) is 5.74. The summed E-state index contributed by atoms with van der Waals surface area (Å²) in [6, 6.07) is 0. The van der Waals surface area contributed by atoms with Gasteiger partial charge in [-0.05, 0) is 13.3 Å². The second kappa shape index (κ2) is 8.68. The van der Waals surface area contributed by atoms with Gasteiger partial charge in [-0.25, -0.2) is 0 Å². The molecule has 1 amide bonds. The van der Waals surface area contributed by atoms with Crippen molar-refractivity contribution in [3.05, 3.63) is 0 Å². The van der Waals surface area contributed by atoms with Crippen LogP contribution in [0.4, 0.5) is 0 Å². The largest absolute Gasteiger partial charge is 0.392 e. The van der Waals surface area contributed by atoms with Crippen LogP contribution in [-0.4, -0.2) is 36.8 Å². The third-order valence-electron chi connectivity index (χ3n) is 2.21. The van der Waals surface area contributed by atoms with Gasteiger partial charge in [0, 0.05) is 25.6 Å². The van der Waals surface area contributed by atoms with Crippen LogP contribution in [0.2, 0.25) is 0 Å². The van der Waals surface area contributed by atoms with E-state index in [0.29, 0.717) is 19.6 Å². The fourth-order valence-corrected chi connectivity index (χ4v) is 1.32. The molecule has 0 saturated heterocycles. The first-order valence-electron chi connectivity index (χ1n) is 5.74. The van der Waals surface area contributed by atoms with Crippen LogP contribution in [0.5, 0.6) is 0 Å². The topological polar surface area (TPSA) is 61.4 Å². The highest BCUT2D eigenvalue weighted by Crippen LogP contribution is 2.03. The van der Waals surface area contributed by atoms with Crippen molar-refractivity contribution in [3.63, 3.8) is 0 Å². The summed E-state index contributed by atoms with van der Waals surface area (Å²) in [5.41, 5.74) is 0. The summed E-state index contributed by atoms with van der Waals surface area (Å²) < 4.78 is 0. The maximum Gasteiger partial charge on any atom is 0.222 e. The molecule has 0 aromatic rings. The molecule has 0 aromatic carbocycles. The molecule has 0 aliphatic carbocycles. The van der Waals surface area contributed by atoms with E-state index in [1.54, 1.807) is 6.92 Å². The average Bonchev–Trinajstić information content (AvgIpc) is 2.16. The molecule has 3 N–H and O–H groups in total. The van der Waals surface area contributed by atoms with Crippen LogP contribution in [0.3, 0.4) is 0 Å². The number of hydrogen-bond acceptors (Lipinski definition) is 3. The molecule has 0 saturated carbocycles. The van der Waals surface area contributed by atoms with Gasteiger partial charge in [-0.15, -0.1) is 0 Å². The number of carbonyl (C=O) groups is 1. The third-order valence-corrected chi connectivity index (χ3v) is 2.21. The maximum atomic E-state index is 11.4. The van der Waals surface area contributed by atoms with E-state index in [4.69, 9.17) is 5.11 Å². The maximum absolute atomic E-state index is 11.4. The lowest BCUT2D eigenvalue weighted by Crippen LogP contribution is -2.36. The molecular weight excluding hydrogens is 192 g/mol. The van der Waals surface area contributed by atoms with Crippen LogP contribution < -0.4 is 10.6 Å². The molecule has 0 fully saturated rings. The highest BCUT2D eigenvalue weighted by Gasteiger charge is 2.10. The van der Waals surface area contributed by atoms with Gasteiger partial charge >= 0.3 is 0 Å². The Hall–Kier alpha value is -0.610. The van der Waals surface area contributed by atoms with Gasteiger partial charge < -0.3 is 15.7 Å². The van der Waals surface area contributed by atoms with E-state index in [0.717, 1.165) is 12.8 Å². The first kappa shape index (κ1) is 14.4. The lowest BCUT2D eigenvalue weighted by atomic mass is 10.1. The smallest absolute Gasteiger partial charge is 0.222 e. The van der Waals surface area contributed by atoms with E-state index in [9.17, 15) is 4.79 Å². The van der Waals surface area contributed by atoms with Gasteiger partial charge in [-0.2, -0.15) is 0 Å². The van der Waals surface area contributed by atoms with Crippen LogP contribution in [0.1, 0.15) is 33.6 Å². The minimum atomic E-state index is -0.334. The minimum Gasteiger partial charge on any atom is -0.392 e. The number of nitrogens with one attached hydrogen (secondary N) is 2. The molecular formula is C11H24N2O2. The highest BCUT2D eigenvalue weighted by atomic mass is 16.3. The Morgan fingerprint density at radius 1 is 1.33 bits per heavy atom. The van der Waals surface area contributed by atoms with Gasteiger partial charge in [0.1, 0.15) is 0 Å². The Balaban J connectivity index is 3.38. The van der Waals surface area contributed by atoms with Gasteiger partial charge in [-0.3, -0.25) is 4.79 Å². The van der Waals surface area contributed by atoms with Gasteiger partial charge in [0.15, 0.2) is 0 Å². The fourth-order valence-electron chi connectivity index (χ4n) is 1.32. The summed E-state index contributed by atoms with van der Waals surface area (Å²) in [6.07, 6.45) is 1.64. The summed E-state index contributed by atoms with van der Waals surface area (Å²) in [5, 5.41) is 14.9. The van der Waals surface area contributed by atoms with E-state index >= 15 is 0 Å². The number of aliphatic hydroxyl groups excluding tert-OH is 1. The summed E-state index contributed by atoms with van der Waals surface area (Å²) in [7, 11) is 0. The molecule has 0 aromatic heterocycles. The zero-order chi connectivity index (χ0) is 11.7. The predicted molar refractivity (Wildman–Crippen MR) is 61.6 cm³/mol. The van der Waals surface area contributed by atoms with Crippen LogP contribution in [0.25, 0.3) is 0 Å². The Labute approximate surface area is 92.4 Å². The third kappa shape index (κ3) is 8.39. The molecule has 15 heavy (non-hydrogen) atoms. The van der Waals surface area contributed by atoms with Crippen LogP contribution in [0, 0.1) is 5.92 Å². The van der Waals surface area contributed by atoms with Crippen molar-refractivity contribution in [1.29, 1.82) is 0 Å². The summed E-state index contributed by atoms with van der Waals surface area (Å²) in [6.45, 7) is 7.65. The molecule has 0 heterocycles. The number of aliphatic hydroxyl groups is 1. The van der Waals surface area contributed by atoms with Gasteiger partial charge in [0.2, 0.25) is 5.91 Å². The molecule has 0 aliphatic heterocycles. The molecule has 2 atom stereocenters. The lowest BCUT2D eigenvalue weighted by molar-refractivity contribution is -0.124. The van der Waals surface area contributed by atoms with Gasteiger partial charge in [-0.1, -0.05) is 20.3 Å². The molecule has 4 nitrogen and oxygen atoms in total. The lowest BCUT2D eigenvalue weighted by Gasteiger charge is -2.11. The molecule has 0 spiro atoms. The first-order chi connectivity index (χ1) is 7.07. The zero-order valence-corrected chi connectivity index (χ0v) is 10.0. The molecule has 2 unspecified atom stereocenters. The van der Waals surface area contributed by atoms with Crippen molar-refractivity contribution in [1.82, 2.24) is 10.6 Å². The van der Waals surface area contributed by atoms with Crippen LogP contribution in [0.15, 0.2) is 0 Å². The predicted octanol–water partition coefficient (Wildman–Crippen LogP) is 0.509. The van der Waals surface area contributed by atoms with Crippen LogP contribution in [-0.2, 0) is 4.79 Å². The summed E-state index contributed by atoms with van der Waals surface area (Å²) in [5.74, 6) is 0.225. The van der Waals surface area contributed by atoms with Crippen LogP contribution >= 0.6 is 0 Å². The van der Waals surface area contributed by atoms with Crippen molar-refractivity contribution in [3.8, 4) is 0 Å².